The molecule has 0 saturated carbocycles. The van der Waals surface area contributed by atoms with Gasteiger partial charge < -0.3 is 15.4 Å². The van der Waals surface area contributed by atoms with Crippen molar-refractivity contribution in [1.82, 2.24) is 10.1 Å². The SMILES string of the molecule is CC(=O)N(c1ccccc1O)c1onc(-c2ccncc2)c1C(N)=O. The number of hydrogen-bond acceptors (Lipinski definition) is 6. The average molecular weight is 338 g/mol. The van der Waals surface area contributed by atoms with Crippen LogP contribution in [0.2, 0.25) is 0 Å². The van der Waals surface area contributed by atoms with E-state index in [-0.39, 0.29) is 28.6 Å². The van der Waals surface area contributed by atoms with Gasteiger partial charge in [0.15, 0.2) is 0 Å². The summed E-state index contributed by atoms with van der Waals surface area (Å²) in [5.74, 6) is -1.62. The van der Waals surface area contributed by atoms with Gasteiger partial charge in [0, 0.05) is 24.9 Å². The molecule has 0 aliphatic heterocycles. The van der Waals surface area contributed by atoms with Crippen LogP contribution >= 0.6 is 0 Å². The fourth-order valence-electron chi connectivity index (χ4n) is 2.44. The van der Waals surface area contributed by atoms with Gasteiger partial charge in [0.1, 0.15) is 17.0 Å². The summed E-state index contributed by atoms with van der Waals surface area (Å²) < 4.78 is 5.27. The van der Waals surface area contributed by atoms with E-state index in [0.717, 1.165) is 4.90 Å². The Morgan fingerprint density at radius 2 is 1.84 bits per heavy atom. The first-order valence-electron chi connectivity index (χ1n) is 7.29. The number of carbonyl (C=O) groups excluding carboxylic acids is 2. The zero-order valence-electron chi connectivity index (χ0n) is 13.2. The number of para-hydroxylation sites is 2. The van der Waals surface area contributed by atoms with E-state index in [2.05, 4.69) is 10.1 Å². The minimum absolute atomic E-state index is 0.0651. The zero-order valence-corrected chi connectivity index (χ0v) is 13.2. The van der Waals surface area contributed by atoms with Crippen LogP contribution in [0, 0.1) is 0 Å². The molecule has 126 valence electrons. The number of hydrogen-bond donors (Lipinski definition) is 2. The quantitative estimate of drug-likeness (QED) is 0.752. The molecular formula is C17H14N4O4. The first-order chi connectivity index (χ1) is 12.0. The Hall–Kier alpha value is -3.68. The standard InChI is InChI=1S/C17H14N4O4/c1-10(22)21(12-4-2-3-5-13(12)23)17-14(16(18)24)15(20-25-17)11-6-8-19-9-7-11/h2-9,23H,1H3,(H2,18,24). The van der Waals surface area contributed by atoms with Crippen LogP contribution in [0.25, 0.3) is 11.3 Å². The predicted octanol–water partition coefficient (Wildman–Crippen LogP) is 2.23. The van der Waals surface area contributed by atoms with E-state index >= 15 is 0 Å². The van der Waals surface area contributed by atoms with E-state index in [0.29, 0.717) is 5.56 Å². The maximum absolute atomic E-state index is 12.2. The molecular weight excluding hydrogens is 324 g/mol. The largest absolute Gasteiger partial charge is 0.506 e. The Labute approximate surface area is 142 Å². The highest BCUT2D eigenvalue weighted by Crippen LogP contribution is 2.38. The van der Waals surface area contributed by atoms with Gasteiger partial charge in [-0.3, -0.25) is 14.6 Å². The molecule has 2 amide bonds. The fourth-order valence-corrected chi connectivity index (χ4v) is 2.44. The van der Waals surface area contributed by atoms with Crippen molar-refractivity contribution in [3.63, 3.8) is 0 Å². The number of carbonyl (C=O) groups is 2. The molecule has 3 rings (SSSR count). The highest BCUT2D eigenvalue weighted by atomic mass is 16.5. The number of rotatable bonds is 4. The predicted molar refractivity (Wildman–Crippen MR) is 89.2 cm³/mol. The third-order valence-corrected chi connectivity index (χ3v) is 3.51. The highest BCUT2D eigenvalue weighted by Gasteiger charge is 2.30. The maximum atomic E-state index is 12.2. The molecule has 0 radical (unpaired) electrons. The van der Waals surface area contributed by atoms with E-state index in [9.17, 15) is 14.7 Å². The molecule has 2 heterocycles. The van der Waals surface area contributed by atoms with Crippen LogP contribution < -0.4 is 10.6 Å². The van der Waals surface area contributed by atoms with E-state index in [1.54, 1.807) is 24.3 Å². The molecule has 2 aromatic heterocycles. The number of nitrogens with two attached hydrogens (primary N) is 1. The second-order valence-corrected chi connectivity index (χ2v) is 5.15. The number of phenolic OH excluding ortho intramolecular Hbond substituents is 1. The molecule has 8 heteroatoms. The van der Waals surface area contributed by atoms with E-state index in [4.69, 9.17) is 10.3 Å². The lowest BCUT2D eigenvalue weighted by Gasteiger charge is -2.19. The fraction of sp³-hybridized carbons (Fsp3) is 0.0588. The number of amides is 2. The van der Waals surface area contributed by atoms with Gasteiger partial charge in [-0.05, 0) is 24.3 Å². The zero-order chi connectivity index (χ0) is 18.0. The van der Waals surface area contributed by atoms with Gasteiger partial charge in [-0.15, -0.1) is 0 Å². The van der Waals surface area contributed by atoms with Gasteiger partial charge in [0.05, 0.1) is 5.69 Å². The van der Waals surface area contributed by atoms with Crippen LogP contribution in [-0.4, -0.2) is 27.1 Å². The van der Waals surface area contributed by atoms with Gasteiger partial charge >= 0.3 is 0 Å². The number of aromatic nitrogens is 2. The molecule has 0 saturated heterocycles. The third kappa shape index (κ3) is 2.92. The second-order valence-electron chi connectivity index (χ2n) is 5.15. The highest BCUT2D eigenvalue weighted by molar-refractivity contribution is 6.09. The van der Waals surface area contributed by atoms with Crippen LogP contribution in [-0.2, 0) is 4.79 Å². The van der Waals surface area contributed by atoms with E-state index < -0.39 is 11.8 Å². The lowest BCUT2D eigenvalue weighted by atomic mass is 10.1. The monoisotopic (exact) mass is 338 g/mol. The molecule has 25 heavy (non-hydrogen) atoms. The smallest absolute Gasteiger partial charge is 0.256 e. The Bertz CT molecular complexity index is 937. The minimum Gasteiger partial charge on any atom is -0.506 e. The molecule has 0 atom stereocenters. The van der Waals surface area contributed by atoms with Crippen LogP contribution in [0.1, 0.15) is 17.3 Å². The molecule has 3 aromatic rings. The molecule has 1 aromatic carbocycles. The summed E-state index contributed by atoms with van der Waals surface area (Å²) in [4.78, 5) is 29.2. The number of aromatic hydroxyl groups is 1. The van der Waals surface area contributed by atoms with Gasteiger partial charge in [-0.25, -0.2) is 4.90 Å². The average Bonchev–Trinajstić information content (AvgIpc) is 3.02. The first-order valence-corrected chi connectivity index (χ1v) is 7.29. The van der Waals surface area contributed by atoms with Crippen molar-refractivity contribution in [3.8, 4) is 17.0 Å². The molecule has 8 nitrogen and oxygen atoms in total. The van der Waals surface area contributed by atoms with Crippen molar-refractivity contribution < 1.29 is 19.2 Å². The van der Waals surface area contributed by atoms with Gasteiger partial charge in [0.25, 0.3) is 11.8 Å². The summed E-state index contributed by atoms with van der Waals surface area (Å²) in [6.07, 6.45) is 3.06. The maximum Gasteiger partial charge on any atom is 0.256 e. The lowest BCUT2D eigenvalue weighted by molar-refractivity contribution is -0.116. The van der Waals surface area contributed by atoms with Gasteiger partial charge in [0.2, 0.25) is 5.91 Å². The number of phenols is 1. The van der Waals surface area contributed by atoms with Crippen LogP contribution in [0.4, 0.5) is 11.6 Å². The first kappa shape index (κ1) is 16.2. The number of primary amides is 1. The third-order valence-electron chi connectivity index (χ3n) is 3.51. The van der Waals surface area contributed by atoms with Crippen LogP contribution in [0.5, 0.6) is 5.75 Å². The van der Waals surface area contributed by atoms with Gasteiger partial charge in [-0.1, -0.05) is 17.3 Å². The Morgan fingerprint density at radius 1 is 1.16 bits per heavy atom. The number of anilines is 2. The van der Waals surface area contributed by atoms with Crippen molar-refractivity contribution in [2.75, 3.05) is 4.90 Å². The van der Waals surface area contributed by atoms with Gasteiger partial charge in [-0.2, -0.15) is 0 Å². The molecule has 0 unspecified atom stereocenters. The molecule has 0 spiro atoms. The summed E-state index contributed by atoms with van der Waals surface area (Å²) >= 11 is 0. The summed E-state index contributed by atoms with van der Waals surface area (Å²) in [6, 6.07) is 9.42. The van der Waals surface area contributed by atoms with E-state index in [1.165, 1.54) is 31.5 Å². The normalized spacial score (nSPS) is 10.4. The van der Waals surface area contributed by atoms with Crippen molar-refractivity contribution in [2.45, 2.75) is 6.92 Å². The minimum atomic E-state index is -0.815. The molecule has 0 fully saturated rings. The lowest BCUT2D eigenvalue weighted by Crippen LogP contribution is -2.25. The van der Waals surface area contributed by atoms with E-state index in [1.807, 2.05) is 0 Å². The van der Waals surface area contributed by atoms with Crippen molar-refractivity contribution >= 4 is 23.4 Å². The number of benzene rings is 1. The summed E-state index contributed by atoms with van der Waals surface area (Å²) in [5, 5.41) is 14.0. The van der Waals surface area contributed by atoms with Crippen LogP contribution in [0.15, 0.2) is 53.3 Å². The Kier molecular flexibility index (Phi) is 4.17. The summed E-state index contributed by atoms with van der Waals surface area (Å²) in [6.45, 7) is 1.27. The molecule has 0 aliphatic carbocycles. The Morgan fingerprint density at radius 3 is 2.44 bits per heavy atom. The molecule has 0 bridgehead atoms. The Balaban J connectivity index is 2.22. The molecule has 0 aliphatic rings. The van der Waals surface area contributed by atoms with Crippen LogP contribution in [0.3, 0.4) is 0 Å². The molecule has 3 N–H and O–H groups in total. The number of pyridine rings is 1. The van der Waals surface area contributed by atoms with Crippen molar-refractivity contribution in [2.24, 2.45) is 5.73 Å². The second kappa shape index (κ2) is 6.44. The number of nitrogens with zero attached hydrogens (tertiary/aromatic N) is 3. The summed E-state index contributed by atoms with van der Waals surface area (Å²) in [7, 11) is 0. The van der Waals surface area contributed by atoms with Crippen molar-refractivity contribution in [3.05, 3.63) is 54.4 Å². The summed E-state index contributed by atoms with van der Waals surface area (Å²) in [5.41, 5.74) is 6.32. The topological polar surface area (TPSA) is 123 Å². The van der Waals surface area contributed by atoms with Crippen molar-refractivity contribution in [1.29, 1.82) is 0 Å².